The topological polar surface area (TPSA) is 12.5 Å². The Kier molecular flexibility index (Phi) is 8.07. The lowest BCUT2D eigenvalue weighted by molar-refractivity contribution is 0.435. The van der Waals surface area contributed by atoms with Gasteiger partial charge in [-0.05, 0) is 103 Å². The third-order valence-electron chi connectivity index (χ3n) is 14.0. The molecule has 1 aliphatic heterocycles. The van der Waals surface area contributed by atoms with Crippen LogP contribution in [-0.4, -0.2) is 0 Å². The standard InChI is InChI=1S/C62H41NO/c1-4-19-42(20-5-1)43-35-37-46(38-36-43)63(47-39-40-51-50-27-12-15-30-54(50)62(57(51)41-47)52-28-13-10-25-48(52)49-26-11-14-29-53(49)62)58-33-18-32-56-60(58)64-59-34-17-16-31-55(59)61(56,44-21-6-2-7-22-44)45-23-8-3-9-24-45/h1-41H. The van der Waals surface area contributed by atoms with E-state index in [4.69, 9.17) is 4.74 Å². The minimum atomic E-state index is -0.660. The molecule has 2 aliphatic carbocycles. The molecule has 3 aliphatic rings. The predicted molar refractivity (Wildman–Crippen MR) is 261 cm³/mol. The molecule has 0 saturated carbocycles. The Bertz CT molecular complexity index is 3310. The van der Waals surface area contributed by atoms with Crippen LogP contribution in [0.3, 0.4) is 0 Å². The average Bonchev–Trinajstić information content (AvgIpc) is 3.84. The maximum absolute atomic E-state index is 7.31. The van der Waals surface area contributed by atoms with Crippen LogP contribution in [0.15, 0.2) is 249 Å². The summed E-state index contributed by atoms with van der Waals surface area (Å²) in [6.45, 7) is 0. The van der Waals surface area contributed by atoms with E-state index >= 15 is 0 Å². The number of ether oxygens (including phenoxy) is 1. The minimum absolute atomic E-state index is 0.487. The van der Waals surface area contributed by atoms with Gasteiger partial charge in [-0.3, -0.25) is 0 Å². The van der Waals surface area contributed by atoms with Crippen LogP contribution in [0.25, 0.3) is 33.4 Å². The first-order valence-corrected chi connectivity index (χ1v) is 22.2. The van der Waals surface area contributed by atoms with E-state index in [1.165, 1.54) is 66.8 Å². The van der Waals surface area contributed by atoms with Crippen LogP contribution in [0, 0.1) is 0 Å². The molecule has 300 valence electrons. The average molecular weight is 816 g/mol. The van der Waals surface area contributed by atoms with Crippen molar-refractivity contribution in [3.05, 3.63) is 293 Å². The van der Waals surface area contributed by atoms with Gasteiger partial charge in [0.05, 0.1) is 16.5 Å². The van der Waals surface area contributed by atoms with Crippen LogP contribution in [0.2, 0.25) is 0 Å². The normalized spacial score (nSPS) is 14.0. The van der Waals surface area contributed by atoms with E-state index in [9.17, 15) is 0 Å². The Balaban J connectivity index is 1.10. The van der Waals surface area contributed by atoms with Gasteiger partial charge in [0.15, 0.2) is 5.75 Å². The SMILES string of the molecule is c1ccc(-c2ccc(N(c3ccc4c(c3)C3(c5ccccc5-c5ccccc53)c3ccccc3-4)c3cccc4c3Oc3ccccc3C4(c3ccccc3)c3ccccc3)cc2)cc1. The first-order chi connectivity index (χ1) is 31.8. The molecule has 0 fully saturated rings. The smallest absolute Gasteiger partial charge is 0.156 e. The van der Waals surface area contributed by atoms with Crippen LogP contribution in [0.1, 0.15) is 44.5 Å². The Morgan fingerprint density at radius 3 is 1.34 bits per heavy atom. The zero-order valence-corrected chi connectivity index (χ0v) is 35.0. The van der Waals surface area contributed by atoms with E-state index in [0.717, 1.165) is 39.7 Å². The second kappa shape index (κ2) is 14.2. The van der Waals surface area contributed by atoms with Crippen molar-refractivity contribution in [3.63, 3.8) is 0 Å². The summed E-state index contributed by atoms with van der Waals surface area (Å²) in [5.41, 5.74) is 19.2. The Morgan fingerprint density at radius 1 is 0.297 bits per heavy atom. The van der Waals surface area contributed by atoms with Crippen LogP contribution >= 0.6 is 0 Å². The Hall–Kier alpha value is -8.20. The quantitative estimate of drug-likeness (QED) is 0.166. The van der Waals surface area contributed by atoms with Gasteiger partial charge in [-0.2, -0.15) is 0 Å². The van der Waals surface area contributed by atoms with Gasteiger partial charge in [0.1, 0.15) is 5.75 Å². The van der Waals surface area contributed by atoms with Gasteiger partial charge in [0.25, 0.3) is 0 Å². The molecular weight excluding hydrogens is 775 g/mol. The van der Waals surface area contributed by atoms with E-state index in [1.807, 2.05) is 0 Å². The van der Waals surface area contributed by atoms with E-state index < -0.39 is 10.8 Å². The summed E-state index contributed by atoms with van der Waals surface area (Å²) in [6.07, 6.45) is 0. The van der Waals surface area contributed by atoms with E-state index in [1.54, 1.807) is 0 Å². The second-order valence-electron chi connectivity index (χ2n) is 17.1. The molecule has 10 aromatic rings. The summed E-state index contributed by atoms with van der Waals surface area (Å²) < 4.78 is 7.31. The lowest BCUT2D eigenvalue weighted by Gasteiger charge is -2.43. The maximum atomic E-state index is 7.31. The molecule has 0 bridgehead atoms. The van der Waals surface area contributed by atoms with Crippen LogP contribution in [0.4, 0.5) is 17.1 Å². The third kappa shape index (κ3) is 5.02. The molecule has 0 unspecified atom stereocenters. The Labute approximate surface area is 374 Å². The van der Waals surface area contributed by atoms with E-state index in [-0.39, 0.29) is 0 Å². The molecule has 0 amide bonds. The van der Waals surface area contributed by atoms with Gasteiger partial charge >= 0.3 is 0 Å². The van der Waals surface area contributed by atoms with Crippen molar-refractivity contribution in [2.75, 3.05) is 4.90 Å². The second-order valence-corrected chi connectivity index (χ2v) is 17.1. The molecule has 1 spiro atoms. The van der Waals surface area contributed by atoms with Crippen LogP contribution in [-0.2, 0) is 10.8 Å². The molecule has 64 heavy (non-hydrogen) atoms. The largest absolute Gasteiger partial charge is 0.454 e. The van der Waals surface area contributed by atoms with Crippen molar-refractivity contribution < 1.29 is 4.74 Å². The molecule has 0 aromatic heterocycles. The van der Waals surface area contributed by atoms with Gasteiger partial charge in [-0.15, -0.1) is 0 Å². The van der Waals surface area contributed by atoms with Gasteiger partial charge in [-0.1, -0.05) is 212 Å². The molecular formula is C62H41NO. The fourth-order valence-corrected chi connectivity index (χ4v) is 11.5. The highest BCUT2D eigenvalue weighted by Crippen LogP contribution is 2.64. The molecule has 2 heteroatoms. The van der Waals surface area contributed by atoms with Gasteiger partial charge in [0.2, 0.25) is 0 Å². The number of anilines is 3. The number of hydrogen-bond acceptors (Lipinski definition) is 2. The van der Waals surface area contributed by atoms with Crippen molar-refractivity contribution in [1.82, 2.24) is 0 Å². The number of benzene rings is 10. The molecule has 2 nitrogen and oxygen atoms in total. The number of rotatable bonds is 6. The van der Waals surface area contributed by atoms with Gasteiger partial charge in [0, 0.05) is 22.5 Å². The van der Waals surface area contributed by atoms with Crippen molar-refractivity contribution >= 4 is 17.1 Å². The molecule has 0 saturated heterocycles. The summed E-state index contributed by atoms with van der Waals surface area (Å²) in [6, 6.07) is 91.0. The minimum Gasteiger partial charge on any atom is -0.454 e. The van der Waals surface area contributed by atoms with Crippen molar-refractivity contribution in [2.24, 2.45) is 0 Å². The lowest BCUT2D eigenvalue weighted by Crippen LogP contribution is -2.34. The highest BCUT2D eigenvalue weighted by atomic mass is 16.5. The number of para-hydroxylation sites is 2. The highest BCUT2D eigenvalue weighted by Gasteiger charge is 2.52. The van der Waals surface area contributed by atoms with E-state index in [2.05, 4.69) is 254 Å². The Morgan fingerprint density at radius 2 is 0.750 bits per heavy atom. The van der Waals surface area contributed by atoms with Crippen molar-refractivity contribution in [1.29, 1.82) is 0 Å². The lowest BCUT2D eigenvalue weighted by atomic mass is 9.63. The monoisotopic (exact) mass is 815 g/mol. The van der Waals surface area contributed by atoms with Crippen molar-refractivity contribution in [2.45, 2.75) is 10.8 Å². The molecule has 1 heterocycles. The van der Waals surface area contributed by atoms with Crippen LogP contribution in [0.5, 0.6) is 11.5 Å². The first-order valence-electron chi connectivity index (χ1n) is 22.2. The summed E-state index contributed by atoms with van der Waals surface area (Å²) >= 11 is 0. The van der Waals surface area contributed by atoms with Gasteiger partial charge < -0.3 is 9.64 Å². The number of hydrogen-bond donors (Lipinski definition) is 0. The zero-order valence-electron chi connectivity index (χ0n) is 35.0. The highest BCUT2D eigenvalue weighted by molar-refractivity contribution is 5.97. The number of nitrogens with zero attached hydrogens (tertiary/aromatic N) is 1. The fraction of sp³-hybridized carbons (Fsp3) is 0.0323. The summed E-state index contributed by atoms with van der Waals surface area (Å²) in [5, 5.41) is 0. The van der Waals surface area contributed by atoms with Crippen LogP contribution < -0.4 is 9.64 Å². The summed E-state index contributed by atoms with van der Waals surface area (Å²) in [5.74, 6) is 1.67. The maximum Gasteiger partial charge on any atom is 0.156 e. The predicted octanol–water partition coefficient (Wildman–Crippen LogP) is 15.7. The molecule has 10 aromatic carbocycles. The van der Waals surface area contributed by atoms with Gasteiger partial charge in [-0.25, -0.2) is 0 Å². The third-order valence-corrected chi connectivity index (χ3v) is 14.0. The first kappa shape index (κ1) is 36.5. The number of fused-ring (bicyclic) bond motifs is 12. The summed E-state index contributed by atoms with van der Waals surface area (Å²) in [4.78, 5) is 2.42. The molecule has 0 N–H and O–H groups in total. The fourth-order valence-electron chi connectivity index (χ4n) is 11.5. The molecule has 13 rings (SSSR count). The molecule has 0 radical (unpaired) electrons. The summed E-state index contributed by atoms with van der Waals surface area (Å²) in [7, 11) is 0. The zero-order chi connectivity index (χ0) is 42.2. The van der Waals surface area contributed by atoms with Crippen molar-refractivity contribution in [3.8, 4) is 44.9 Å². The molecule has 0 atom stereocenters. The van der Waals surface area contributed by atoms with E-state index in [0.29, 0.717) is 0 Å².